The molecular formula is C12H17N3O2. The second-order valence-corrected chi connectivity index (χ2v) is 4.22. The van der Waals surface area contributed by atoms with E-state index in [1.54, 1.807) is 18.2 Å². The Morgan fingerprint density at radius 1 is 1.47 bits per heavy atom. The Bertz CT molecular complexity index is 414. The molecule has 92 valence electrons. The van der Waals surface area contributed by atoms with Crippen molar-refractivity contribution in [3.63, 3.8) is 0 Å². The van der Waals surface area contributed by atoms with Gasteiger partial charge in [0.15, 0.2) is 0 Å². The van der Waals surface area contributed by atoms with Gasteiger partial charge in [-0.2, -0.15) is 0 Å². The number of nitrogens with two attached hydrogens (primary N) is 2. The van der Waals surface area contributed by atoms with Gasteiger partial charge < -0.3 is 21.5 Å². The minimum absolute atomic E-state index is 0.283. The summed E-state index contributed by atoms with van der Waals surface area (Å²) in [5.74, 6) is -0.468. The van der Waals surface area contributed by atoms with E-state index >= 15 is 0 Å². The highest BCUT2D eigenvalue weighted by atomic mass is 16.5. The highest BCUT2D eigenvalue weighted by Gasteiger charge is 2.14. The molecule has 1 aromatic carbocycles. The van der Waals surface area contributed by atoms with Gasteiger partial charge in [-0.1, -0.05) is 0 Å². The average molecular weight is 235 g/mol. The monoisotopic (exact) mass is 235 g/mol. The second-order valence-electron chi connectivity index (χ2n) is 4.22. The fourth-order valence-corrected chi connectivity index (χ4v) is 1.92. The van der Waals surface area contributed by atoms with Crippen LogP contribution in [-0.2, 0) is 4.74 Å². The lowest BCUT2D eigenvalue weighted by atomic mass is 10.1. The summed E-state index contributed by atoms with van der Waals surface area (Å²) in [7, 11) is 0. The van der Waals surface area contributed by atoms with E-state index in [1.807, 2.05) is 0 Å². The van der Waals surface area contributed by atoms with Crippen LogP contribution in [0.4, 0.5) is 11.4 Å². The van der Waals surface area contributed by atoms with E-state index in [4.69, 9.17) is 16.2 Å². The predicted octanol–water partition coefficient (Wildman–Crippen LogP) is 0.959. The zero-order valence-corrected chi connectivity index (χ0v) is 9.61. The molecule has 1 atom stereocenters. The first-order chi connectivity index (χ1) is 8.16. The molecule has 2 rings (SSSR count). The Balaban J connectivity index is 2.08. The van der Waals surface area contributed by atoms with Crippen molar-refractivity contribution in [2.75, 3.05) is 24.3 Å². The third-order valence-electron chi connectivity index (χ3n) is 2.86. The number of amides is 1. The first kappa shape index (κ1) is 11.7. The number of hydrogen-bond acceptors (Lipinski definition) is 4. The molecule has 17 heavy (non-hydrogen) atoms. The third-order valence-corrected chi connectivity index (χ3v) is 2.86. The van der Waals surface area contributed by atoms with E-state index in [2.05, 4.69) is 5.32 Å². The van der Waals surface area contributed by atoms with Crippen molar-refractivity contribution in [1.29, 1.82) is 0 Å². The number of carbonyl (C=O) groups excluding carboxylic acids is 1. The summed E-state index contributed by atoms with van der Waals surface area (Å²) < 4.78 is 5.38. The van der Waals surface area contributed by atoms with Crippen LogP contribution in [-0.4, -0.2) is 25.2 Å². The van der Waals surface area contributed by atoms with E-state index in [-0.39, 0.29) is 6.04 Å². The van der Waals surface area contributed by atoms with Gasteiger partial charge in [-0.25, -0.2) is 0 Å². The Morgan fingerprint density at radius 3 is 2.88 bits per heavy atom. The fraction of sp³-hybridized carbons (Fsp3) is 0.417. The van der Waals surface area contributed by atoms with Gasteiger partial charge in [0, 0.05) is 18.2 Å². The lowest BCUT2D eigenvalue weighted by Crippen LogP contribution is -2.30. The Morgan fingerprint density at radius 2 is 2.29 bits per heavy atom. The highest BCUT2D eigenvalue weighted by Crippen LogP contribution is 2.22. The quantitative estimate of drug-likeness (QED) is 0.680. The molecule has 0 bridgehead atoms. The smallest absolute Gasteiger partial charge is 0.248 e. The maximum Gasteiger partial charge on any atom is 0.248 e. The summed E-state index contributed by atoms with van der Waals surface area (Å²) in [6.45, 7) is 1.52. The van der Waals surface area contributed by atoms with Crippen molar-refractivity contribution in [1.82, 2.24) is 0 Å². The van der Waals surface area contributed by atoms with Gasteiger partial charge in [0.1, 0.15) is 0 Å². The van der Waals surface area contributed by atoms with Gasteiger partial charge in [-0.15, -0.1) is 0 Å². The van der Waals surface area contributed by atoms with Crippen molar-refractivity contribution in [2.45, 2.75) is 18.9 Å². The first-order valence-electron chi connectivity index (χ1n) is 5.70. The molecule has 1 unspecified atom stereocenters. The Kier molecular flexibility index (Phi) is 3.49. The maximum atomic E-state index is 11.0. The zero-order chi connectivity index (χ0) is 12.3. The molecule has 5 heteroatoms. The minimum Gasteiger partial charge on any atom is -0.397 e. The standard InChI is InChI=1S/C12H17N3O2/c13-10-6-8(12(14)16)3-4-11(10)15-9-2-1-5-17-7-9/h3-4,6,9,15H,1-2,5,7,13H2,(H2,14,16). The van der Waals surface area contributed by atoms with Crippen molar-refractivity contribution in [3.8, 4) is 0 Å². The predicted molar refractivity (Wildman–Crippen MR) is 66.8 cm³/mol. The molecule has 1 fully saturated rings. The molecule has 1 aliphatic heterocycles. The number of nitrogens with one attached hydrogen (secondary N) is 1. The number of benzene rings is 1. The summed E-state index contributed by atoms with van der Waals surface area (Å²) in [6.07, 6.45) is 2.12. The third kappa shape index (κ3) is 2.88. The van der Waals surface area contributed by atoms with Crippen LogP contribution in [0.3, 0.4) is 0 Å². The second kappa shape index (κ2) is 5.05. The van der Waals surface area contributed by atoms with E-state index in [1.165, 1.54) is 0 Å². The fourth-order valence-electron chi connectivity index (χ4n) is 1.92. The molecule has 1 aromatic rings. The van der Waals surface area contributed by atoms with E-state index < -0.39 is 5.91 Å². The average Bonchev–Trinajstić information content (AvgIpc) is 2.33. The van der Waals surface area contributed by atoms with Gasteiger partial charge >= 0.3 is 0 Å². The van der Waals surface area contributed by atoms with Gasteiger partial charge in [-0.3, -0.25) is 4.79 Å². The molecule has 1 heterocycles. The van der Waals surface area contributed by atoms with Crippen LogP contribution in [0, 0.1) is 0 Å². The number of carbonyl (C=O) groups is 1. The SMILES string of the molecule is NC(=O)c1ccc(NC2CCCOC2)c(N)c1. The molecule has 0 saturated carbocycles. The van der Waals surface area contributed by atoms with Crippen molar-refractivity contribution >= 4 is 17.3 Å². The molecule has 1 amide bonds. The lowest BCUT2D eigenvalue weighted by molar-refractivity contribution is 0.0876. The van der Waals surface area contributed by atoms with Crippen molar-refractivity contribution in [3.05, 3.63) is 23.8 Å². The molecule has 0 radical (unpaired) electrons. The number of primary amides is 1. The molecule has 1 aliphatic rings. The molecule has 1 saturated heterocycles. The highest BCUT2D eigenvalue weighted by molar-refractivity contribution is 5.94. The molecule has 0 aromatic heterocycles. The van der Waals surface area contributed by atoms with Crippen LogP contribution >= 0.6 is 0 Å². The molecule has 5 N–H and O–H groups in total. The zero-order valence-electron chi connectivity index (χ0n) is 9.61. The van der Waals surface area contributed by atoms with E-state index in [9.17, 15) is 4.79 Å². The molecule has 5 nitrogen and oxygen atoms in total. The lowest BCUT2D eigenvalue weighted by Gasteiger charge is -2.24. The van der Waals surface area contributed by atoms with Gasteiger partial charge in [-0.05, 0) is 31.0 Å². The summed E-state index contributed by atoms with van der Waals surface area (Å²) in [4.78, 5) is 11.0. The number of nitrogen functional groups attached to an aromatic ring is 1. The van der Waals surface area contributed by atoms with Gasteiger partial charge in [0.2, 0.25) is 5.91 Å². The van der Waals surface area contributed by atoms with E-state index in [0.29, 0.717) is 17.9 Å². The van der Waals surface area contributed by atoms with Crippen molar-refractivity contribution < 1.29 is 9.53 Å². The Labute approximate surface area is 100 Å². The normalized spacial score (nSPS) is 19.9. The summed E-state index contributed by atoms with van der Waals surface area (Å²) in [5.41, 5.74) is 12.8. The molecular weight excluding hydrogens is 218 g/mol. The summed E-state index contributed by atoms with van der Waals surface area (Å²) >= 11 is 0. The van der Waals surface area contributed by atoms with E-state index in [0.717, 1.165) is 25.1 Å². The largest absolute Gasteiger partial charge is 0.397 e. The molecule has 0 aliphatic carbocycles. The number of ether oxygens (including phenoxy) is 1. The number of hydrogen-bond donors (Lipinski definition) is 3. The van der Waals surface area contributed by atoms with Crippen LogP contribution in [0.5, 0.6) is 0 Å². The number of anilines is 2. The maximum absolute atomic E-state index is 11.0. The van der Waals surface area contributed by atoms with Crippen LogP contribution < -0.4 is 16.8 Å². The first-order valence-corrected chi connectivity index (χ1v) is 5.70. The minimum atomic E-state index is -0.468. The van der Waals surface area contributed by atoms with Crippen LogP contribution in [0.2, 0.25) is 0 Å². The van der Waals surface area contributed by atoms with Gasteiger partial charge in [0.05, 0.1) is 18.0 Å². The van der Waals surface area contributed by atoms with Crippen molar-refractivity contribution in [2.24, 2.45) is 5.73 Å². The van der Waals surface area contributed by atoms with Crippen LogP contribution in [0.1, 0.15) is 23.2 Å². The van der Waals surface area contributed by atoms with Gasteiger partial charge in [0.25, 0.3) is 0 Å². The molecule has 0 spiro atoms. The summed E-state index contributed by atoms with van der Waals surface area (Å²) in [6, 6.07) is 5.33. The number of rotatable bonds is 3. The topological polar surface area (TPSA) is 90.4 Å². The van der Waals surface area contributed by atoms with Crippen LogP contribution in [0.15, 0.2) is 18.2 Å². The Hall–Kier alpha value is -1.75. The van der Waals surface area contributed by atoms with Crippen LogP contribution in [0.25, 0.3) is 0 Å². The summed E-state index contributed by atoms with van der Waals surface area (Å²) in [5, 5.41) is 3.31.